The van der Waals surface area contributed by atoms with Crippen LogP contribution >= 0.6 is 11.6 Å². The van der Waals surface area contributed by atoms with Gasteiger partial charge in [-0.25, -0.2) is 0 Å². The zero-order valence-corrected chi connectivity index (χ0v) is 18.9. The molecule has 0 heterocycles. The van der Waals surface area contributed by atoms with Crippen LogP contribution in [0.2, 0.25) is 5.02 Å². The topological polar surface area (TPSA) is 58.6 Å². The maximum Gasteiger partial charge on any atom is 0.261 e. The molecule has 0 aliphatic carbocycles. The number of nitrogens with zero attached hydrogens (tertiary/aromatic N) is 1. The van der Waals surface area contributed by atoms with E-state index in [2.05, 4.69) is 5.32 Å². The number of carbonyl (C=O) groups is 2. The highest BCUT2D eigenvalue weighted by atomic mass is 35.5. The van der Waals surface area contributed by atoms with Crippen molar-refractivity contribution in [2.24, 2.45) is 5.92 Å². The van der Waals surface area contributed by atoms with Gasteiger partial charge in [-0.05, 0) is 49.1 Å². The lowest BCUT2D eigenvalue weighted by molar-refractivity contribution is -0.143. The van der Waals surface area contributed by atoms with E-state index in [0.29, 0.717) is 36.2 Å². The van der Waals surface area contributed by atoms with E-state index in [4.69, 9.17) is 16.3 Å². The van der Waals surface area contributed by atoms with Gasteiger partial charge in [0.2, 0.25) is 5.91 Å². The van der Waals surface area contributed by atoms with Crippen LogP contribution in [-0.4, -0.2) is 35.9 Å². The molecule has 2 aromatic rings. The molecule has 0 aromatic heterocycles. The molecule has 0 fully saturated rings. The average Bonchev–Trinajstić information content (AvgIpc) is 2.71. The van der Waals surface area contributed by atoms with Crippen molar-refractivity contribution < 1.29 is 14.3 Å². The van der Waals surface area contributed by atoms with Gasteiger partial charge >= 0.3 is 0 Å². The summed E-state index contributed by atoms with van der Waals surface area (Å²) in [6, 6.07) is 14.2. The third kappa shape index (κ3) is 7.38. The van der Waals surface area contributed by atoms with E-state index in [-0.39, 0.29) is 18.4 Å². The highest BCUT2D eigenvalue weighted by Gasteiger charge is 2.29. The molecule has 162 valence electrons. The normalized spacial score (nSPS) is 11.8. The van der Waals surface area contributed by atoms with Crippen LogP contribution in [0.15, 0.2) is 48.5 Å². The number of benzene rings is 2. The lowest BCUT2D eigenvalue weighted by Gasteiger charge is -2.31. The van der Waals surface area contributed by atoms with Crippen molar-refractivity contribution in [3.8, 4) is 5.75 Å². The van der Waals surface area contributed by atoms with Crippen molar-refractivity contribution in [3.63, 3.8) is 0 Å². The van der Waals surface area contributed by atoms with E-state index < -0.39 is 6.04 Å². The molecule has 30 heavy (non-hydrogen) atoms. The Hall–Kier alpha value is -2.53. The Kier molecular flexibility index (Phi) is 9.18. The van der Waals surface area contributed by atoms with E-state index in [9.17, 15) is 9.59 Å². The molecule has 0 saturated heterocycles. The first-order valence-corrected chi connectivity index (χ1v) is 10.7. The summed E-state index contributed by atoms with van der Waals surface area (Å²) < 4.78 is 5.66. The lowest BCUT2D eigenvalue weighted by Crippen LogP contribution is -2.50. The Bertz CT molecular complexity index is 837. The van der Waals surface area contributed by atoms with Crippen molar-refractivity contribution in [1.82, 2.24) is 10.2 Å². The summed E-state index contributed by atoms with van der Waals surface area (Å²) in [6.45, 7) is 8.76. The van der Waals surface area contributed by atoms with Gasteiger partial charge in [-0.3, -0.25) is 9.59 Å². The van der Waals surface area contributed by atoms with Gasteiger partial charge < -0.3 is 15.0 Å². The number of halogens is 1. The van der Waals surface area contributed by atoms with Crippen LogP contribution in [-0.2, 0) is 16.1 Å². The molecular weight excluding hydrogens is 400 g/mol. The highest BCUT2D eigenvalue weighted by molar-refractivity contribution is 6.30. The zero-order chi connectivity index (χ0) is 22.1. The molecule has 0 bridgehead atoms. The zero-order valence-electron chi connectivity index (χ0n) is 18.2. The number of amides is 2. The number of hydrogen-bond donors (Lipinski definition) is 1. The number of rotatable bonds is 10. The molecule has 2 amide bonds. The van der Waals surface area contributed by atoms with Crippen LogP contribution in [0.3, 0.4) is 0 Å². The smallest absolute Gasteiger partial charge is 0.261 e. The van der Waals surface area contributed by atoms with E-state index in [0.717, 1.165) is 11.1 Å². The van der Waals surface area contributed by atoms with Crippen molar-refractivity contribution in [1.29, 1.82) is 0 Å². The van der Waals surface area contributed by atoms with Crippen molar-refractivity contribution >= 4 is 23.4 Å². The summed E-state index contributed by atoms with van der Waals surface area (Å²) in [5, 5.41) is 3.56. The Morgan fingerprint density at radius 3 is 2.43 bits per heavy atom. The third-order valence-corrected chi connectivity index (χ3v) is 4.93. The summed E-state index contributed by atoms with van der Waals surface area (Å²) >= 11 is 5.90. The predicted octanol–water partition coefficient (Wildman–Crippen LogP) is 4.61. The van der Waals surface area contributed by atoms with Crippen molar-refractivity contribution in [2.45, 2.75) is 46.7 Å². The molecule has 6 heteroatoms. The molecule has 0 radical (unpaired) electrons. The second-order valence-corrected chi connectivity index (χ2v) is 8.25. The van der Waals surface area contributed by atoms with Gasteiger partial charge in [-0.2, -0.15) is 0 Å². The first-order chi connectivity index (χ1) is 14.3. The van der Waals surface area contributed by atoms with Crippen LogP contribution < -0.4 is 10.1 Å². The van der Waals surface area contributed by atoms with Gasteiger partial charge in [0.05, 0.1) is 0 Å². The first-order valence-electron chi connectivity index (χ1n) is 10.3. The molecular formula is C24H31ClN2O3. The summed E-state index contributed by atoms with van der Waals surface area (Å²) in [6.07, 6.45) is 0.516. The van der Waals surface area contributed by atoms with Gasteiger partial charge in [-0.15, -0.1) is 0 Å². The molecule has 2 aromatic carbocycles. The number of aryl methyl sites for hydroxylation is 1. The van der Waals surface area contributed by atoms with Gasteiger partial charge in [0.25, 0.3) is 5.91 Å². The standard InChI is InChI=1S/C24H31ClN2O3/c1-5-22(24(29)26-14-17(2)3)27(15-19-8-6-7-18(4)13-19)23(28)16-30-21-11-9-20(25)10-12-21/h6-13,17,22H,5,14-16H2,1-4H3,(H,26,29)/t22-/m1/s1. The Labute approximate surface area is 184 Å². The predicted molar refractivity (Wildman–Crippen MR) is 121 cm³/mol. The van der Waals surface area contributed by atoms with Crippen molar-refractivity contribution in [2.75, 3.05) is 13.2 Å². The minimum atomic E-state index is -0.564. The van der Waals surface area contributed by atoms with Crippen LogP contribution in [0.1, 0.15) is 38.3 Å². The third-order valence-electron chi connectivity index (χ3n) is 4.68. The molecule has 0 aliphatic heterocycles. The van der Waals surface area contributed by atoms with Gasteiger partial charge in [0, 0.05) is 18.1 Å². The van der Waals surface area contributed by atoms with Crippen molar-refractivity contribution in [3.05, 3.63) is 64.7 Å². The summed E-state index contributed by atoms with van der Waals surface area (Å²) in [5.74, 6) is 0.512. The Balaban J connectivity index is 2.18. The van der Waals surface area contributed by atoms with Crippen LogP contribution in [0.4, 0.5) is 0 Å². The van der Waals surface area contributed by atoms with Gasteiger partial charge in [-0.1, -0.05) is 62.2 Å². The number of hydrogen-bond acceptors (Lipinski definition) is 3. The fourth-order valence-corrected chi connectivity index (χ4v) is 3.23. The fraction of sp³-hybridized carbons (Fsp3) is 0.417. The monoisotopic (exact) mass is 430 g/mol. The number of ether oxygens (including phenoxy) is 1. The Morgan fingerprint density at radius 1 is 1.13 bits per heavy atom. The second kappa shape index (κ2) is 11.6. The summed E-state index contributed by atoms with van der Waals surface area (Å²) in [7, 11) is 0. The quantitative estimate of drug-likeness (QED) is 0.598. The maximum absolute atomic E-state index is 13.1. The molecule has 1 N–H and O–H groups in total. The molecule has 2 rings (SSSR count). The highest BCUT2D eigenvalue weighted by Crippen LogP contribution is 2.17. The summed E-state index contributed by atoms with van der Waals surface area (Å²) in [5.41, 5.74) is 2.08. The van der Waals surface area contributed by atoms with E-state index in [1.54, 1.807) is 29.2 Å². The minimum absolute atomic E-state index is 0.140. The van der Waals surface area contributed by atoms with Gasteiger partial charge in [0.1, 0.15) is 11.8 Å². The SMILES string of the molecule is CC[C@H](C(=O)NCC(C)C)N(Cc1cccc(C)c1)C(=O)COc1ccc(Cl)cc1. The first kappa shape index (κ1) is 23.7. The molecule has 0 spiro atoms. The molecule has 0 aliphatic rings. The molecule has 0 unspecified atom stereocenters. The van der Waals surface area contributed by atoms with Crippen LogP contribution in [0.5, 0.6) is 5.75 Å². The Morgan fingerprint density at radius 2 is 1.83 bits per heavy atom. The molecule has 1 atom stereocenters. The summed E-state index contributed by atoms with van der Waals surface area (Å²) in [4.78, 5) is 27.6. The van der Waals surface area contributed by atoms with E-state index in [1.807, 2.05) is 52.0 Å². The lowest BCUT2D eigenvalue weighted by atomic mass is 10.1. The molecule has 0 saturated carbocycles. The van der Waals surface area contributed by atoms with Gasteiger partial charge in [0.15, 0.2) is 6.61 Å². The number of carbonyl (C=O) groups excluding carboxylic acids is 2. The number of nitrogens with one attached hydrogen (secondary N) is 1. The minimum Gasteiger partial charge on any atom is -0.484 e. The van der Waals surface area contributed by atoms with Crippen LogP contribution in [0, 0.1) is 12.8 Å². The largest absolute Gasteiger partial charge is 0.484 e. The maximum atomic E-state index is 13.1. The average molecular weight is 431 g/mol. The van der Waals surface area contributed by atoms with E-state index in [1.165, 1.54) is 0 Å². The van der Waals surface area contributed by atoms with E-state index >= 15 is 0 Å². The fourth-order valence-electron chi connectivity index (χ4n) is 3.11. The molecule has 5 nitrogen and oxygen atoms in total. The second-order valence-electron chi connectivity index (χ2n) is 7.82. The van der Waals surface area contributed by atoms with Crippen LogP contribution in [0.25, 0.3) is 0 Å².